The summed E-state index contributed by atoms with van der Waals surface area (Å²) < 4.78 is 5.28. The second-order valence-corrected chi connectivity index (χ2v) is 6.21. The highest BCUT2D eigenvalue weighted by Crippen LogP contribution is 2.34. The van der Waals surface area contributed by atoms with E-state index in [-0.39, 0.29) is 0 Å². The summed E-state index contributed by atoms with van der Waals surface area (Å²) in [6.45, 7) is 0.517. The van der Waals surface area contributed by atoms with Crippen molar-refractivity contribution in [1.82, 2.24) is 10.3 Å². The van der Waals surface area contributed by atoms with Crippen molar-refractivity contribution < 1.29 is 34.8 Å². The van der Waals surface area contributed by atoms with E-state index in [9.17, 15) is 24.9 Å². The first-order valence-corrected chi connectivity index (χ1v) is 7.98. The van der Waals surface area contributed by atoms with Gasteiger partial charge in [0.1, 0.15) is 23.3 Å². The predicted octanol–water partition coefficient (Wildman–Crippen LogP) is -1.19. The first-order valence-electron chi connectivity index (χ1n) is 7.10. The Labute approximate surface area is 141 Å². The van der Waals surface area contributed by atoms with Gasteiger partial charge in [0.15, 0.2) is 0 Å². The van der Waals surface area contributed by atoms with Crippen LogP contribution in [0.2, 0.25) is 0 Å². The van der Waals surface area contributed by atoms with E-state index in [0.29, 0.717) is 5.01 Å². The minimum absolute atomic E-state index is 0.423. The Kier molecular flexibility index (Phi) is 5.89. The summed E-state index contributed by atoms with van der Waals surface area (Å²) in [4.78, 5) is 27.0. The van der Waals surface area contributed by atoms with Crippen LogP contribution in [0.3, 0.4) is 0 Å². The normalized spacial score (nSPS) is 26.0. The number of amides is 1. The van der Waals surface area contributed by atoms with Gasteiger partial charge in [-0.05, 0) is 6.08 Å². The fourth-order valence-corrected chi connectivity index (χ4v) is 3.25. The largest absolute Gasteiger partial charge is 0.478 e. The number of hydrogen-bond acceptors (Lipinski definition) is 8. The average molecular weight is 358 g/mol. The fourth-order valence-electron chi connectivity index (χ4n) is 2.49. The van der Waals surface area contributed by atoms with Gasteiger partial charge in [0.05, 0.1) is 18.6 Å². The van der Waals surface area contributed by atoms with E-state index in [0.717, 1.165) is 0 Å². The maximum atomic E-state index is 11.5. The molecule has 9 nitrogen and oxygen atoms in total. The maximum Gasteiger partial charge on any atom is 0.370 e. The van der Waals surface area contributed by atoms with E-state index in [4.69, 9.17) is 9.84 Å². The molecule has 0 aromatic carbocycles. The Morgan fingerprint density at radius 2 is 2.17 bits per heavy atom. The Balaban J connectivity index is 2.45. The van der Waals surface area contributed by atoms with Crippen LogP contribution in [0.5, 0.6) is 0 Å². The lowest BCUT2D eigenvalue weighted by molar-refractivity contribution is -0.146. The molecule has 2 rings (SSSR count). The number of rotatable bonds is 6. The van der Waals surface area contributed by atoms with Gasteiger partial charge in [-0.1, -0.05) is 0 Å². The van der Waals surface area contributed by atoms with Crippen LogP contribution in [0.25, 0.3) is 0 Å². The van der Waals surface area contributed by atoms with E-state index in [1.165, 1.54) is 30.5 Å². The van der Waals surface area contributed by atoms with Crippen molar-refractivity contribution in [3.8, 4) is 0 Å². The standard InChI is InChI=1S/C14H18N2O7S/c1-6(18)16-10-7(13-15-2-3-24-13)4-9(14(21)22)23-12(10)11(20)8(19)5-17/h2-4,7-8,10-12,17,19-20H,5H2,1H3,(H,16,18)(H,21,22)/t7-,8+,10+,11+,12+/m0/s1. The van der Waals surface area contributed by atoms with Crippen molar-refractivity contribution in [1.29, 1.82) is 0 Å². The van der Waals surface area contributed by atoms with Crippen LogP contribution >= 0.6 is 11.3 Å². The quantitative estimate of drug-likeness (QED) is 0.426. The number of carboxylic acid groups (broad SMARTS) is 1. The van der Waals surface area contributed by atoms with Crippen molar-refractivity contribution in [2.75, 3.05) is 6.61 Å². The molecule has 0 fully saturated rings. The summed E-state index contributed by atoms with van der Waals surface area (Å²) in [6.07, 6.45) is -1.62. The molecule has 0 aliphatic carbocycles. The molecule has 2 heterocycles. The lowest BCUT2D eigenvalue weighted by Crippen LogP contribution is -2.57. The van der Waals surface area contributed by atoms with Crippen LogP contribution in [0, 0.1) is 0 Å². The van der Waals surface area contributed by atoms with Gasteiger partial charge in [-0.25, -0.2) is 9.78 Å². The number of nitrogens with one attached hydrogen (secondary N) is 1. The van der Waals surface area contributed by atoms with Crippen LogP contribution in [0.15, 0.2) is 23.4 Å². The summed E-state index contributed by atoms with van der Waals surface area (Å²) in [5, 5.41) is 43.0. The molecule has 0 radical (unpaired) electrons. The summed E-state index contributed by atoms with van der Waals surface area (Å²) in [6, 6.07) is -0.868. The van der Waals surface area contributed by atoms with E-state index in [2.05, 4.69) is 10.3 Å². The summed E-state index contributed by atoms with van der Waals surface area (Å²) >= 11 is 1.25. The number of aromatic nitrogens is 1. The number of carbonyl (C=O) groups excluding carboxylic acids is 1. The Morgan fingerprint density at radius 3 is 2.67 bits per heavy atom. The monoisotopic (exact) mass is 358 g/mol. The van der Waals surface area contributed by atoms with Crippen molar-refractivity contribution in [2.24, 2.45) is 0 Å². The zero-order chi connectivity index (χ0) is 17.9. The number of ether oxygens (including phenoxy) is 1. The molecule has 1 aromatic heterocycles. The van der Waals surface area contributed by atoms with Gasteiger partial charge in [0.25, 0.3) is 0 Å². The number of carboxylic acids is 1. The van der Waals surface area contributed by atoms with E-state index in [1.807, 2.05) is 0 Å². The highest BCUT2D eigenvalue weighted by Gasteiger charge is 2.44. The van der Waals surface area contributed by atoms with Crippen LogP contribution < -0.4 is 5.32 Å². The predicted molar refractivity (Wildman–Crippen MR) is 82.2 cm³/mol. The number of aliphatic hydroxyl groups excluding tert-OH is 3. The Bertz CT molecular complexity index is 619. The fraction of sp³-hybridized carbons (Fsp3) is 0.500. The zero-order valence-electron chi connectivity index (χ0n) is 12.7. The van der Waals surface area contributed by atoms with Crippen molar-refractivity contribution in [3.05, 3.63) is 28.4 Å². The van der Waals surface area contributed by atoms with Crippen LogP contribution in [-0.2, 0) is 14.3 Å². The Morgan fingerprint density at radius 1 is 1.46 bits per heavy atom. The van der Waals surface area contributed by atoms with Gasteiger partial charge >= 0.3 is 5.97 Å². The van der Waals surface area contributed by atoms with Gasteiger partial charge in [-0.3, -0.25) is 4.79 Å². The molecule has 0 spiro atoms. The lowest BCUT2D eigenvalue weighted by Gasteiger charge is -2.39. The third-order valence-electron chi connectivity index (χ3n) is 3.57. The van der Waals surface area contributed by atoms with E-state index in [1.54, 1.807) is 5.38 Å². The second kappa shape index (κ2) is 7.71. The van der Waals surface area contributed by atoms with Crippen molar-refractivity contribution in [2.45, 2.75) is 37.2 Å². The third kappa shape index (κ3) is 3.90. The molecule has 5 N–H and O–H groups in total. The van der Waals surface area contributed by atoms with E-state index < -0.39 is 54.5 Å². The first kappa shape index (κ1) is 18.3. The SMILES string of the molecule is CC(=O)N[C@H]1[C@H]([C@H](O)[C@H](O)CO)OC(C(=O)O)=C[C@@H]1c1nccs1. The summed E-state index contributed by atoms with van der Waals surface area (Å²) in [5.74, 6) is -2.87. The van der Waals surface area contributed by atoms with Crippen LogP contribution in [-0.4, -0.2) is 68.2 Å². The molecule has 1 aliphatic heterocycles. The highest BCUT2D eigenvalue weighted by molar-refractivity contribution is 7.09. The second-order valence-electron chi connectivity index (χ2n) is 5.28. The maximum absolute atomic E-state index is 11.5. The average Bonchev–Trinajstić information content (AvgIpc) is 3.07. The zero-order valence-corrected chi connectivity index (χ0v) is 13.5. The third-order valence-corrected chi connectivity index (χ3v) is 4.45. The molecule has 1 aliphatic rings. The number of hydrogen-bond donors (Lipinski definition) is 5. The minimum Gasteiger partial charge on any atom is -0.478 e. The van der Waals surface area contributed by atoms with Crippen molar-refractivity contribution >= 4 is 23.2 Å². The molecule has 10 heteroatoms. The topological polar surface area (TPSA) is 149 Å². The van der Waals surface area contributed by atoms with Gasteiger partial charge in [0, 0.05) is 18.5 Å². The number of carbonyl (C=O) groups is 2. The molecular weight excluding hydrogens is 340 g/mol. The van der Waals surface area contributed by atoms with E-state index >= 15 is 0 Å². The number of aliphatic hydroxyl groups is 3. The van der Waals surface area contributed by atoms with Crippen molar-refractivity contribution in [3.63, 3.8) is 0 Å². The summed E-state index contributed by atoms with van der Waals surface area (Å²) in [5.41, 5.74) is 0. The number of thiazole rings is 1. The number of aliphatic carboxylic acids is 1. The summed E-state index contributed by atoms with van der Waals surface area (Å²) in [7, 11) is 0. The first-order chi connectivity index (χ1) is 11.3. The molecule has 24 heavy (non-hydrogen) atoms. The smallest absolute Gasteiger partial charge is 0.370 e. The van der Waals surface area contributed by atoms with Crippen LogP contribution in [0.1, 0.15) is 17.8 Å². The van der Waals surface area contributed by atoms with Gasteiger partial charge in [-0.2, -0.15) is 0 Å². The minimum atomic E-state index is -1.61. The molecule has 5 atom stereocenters. The van der Waals surface area contributed by atoms with Gasteiger partial charge in [-0.15, -0.1) is 11.3 Å². The molecular formula is C14H18N2O7S. The molecule has 0 saturated carbocycles. The molecule has 0 bridgehead atoms. The lowest BCUT2D eigenvalue weighted by atomic mass is 9.87. The molecule has 0 unspecified atom stereocenters. The molecule has 1 aromatic rings. The highest BCUT2D eigenvalue weighted by atomic mass is 32.1. The molecule has 1 amide bonds. The van der Waals surface area contributed by atoms with Gasteiger partial charge < -0.3 is 30.5 Å². The molecule has 0 saturated heterocycles. The van der Waals surface area contributed by atoms with Crippen LogP contribution in [0.4, 0.5) is 0 Å². The number of nitrogens with zero attached hydrogens (tertiary/aromatic N) is 1. The van der Waals surface area contributed by atoms with Gasteiger partial charge in [0.2, 0.25) is 11.7 Å². The Hall–Kier alpha value is -2.01. The molecule has 132 valence electrons.